The van der Waals surface area contributed by atoms with Crippen LogP contribution in [-0.4, -0.2) is 5.48 Å². The minimum atomic E-state index is 0. The molecule has 0 fully saturated rings. The van der Waals surface area contributed by atoms with Crippen molar-refractivity contribution in [3.63, 3.8) is 0 Å². The van der Waals surface area contributed by atoms with Gasteiger partial charge in [-0.05, 0) is 12.1 Å². The van der Waals surface area contributed by atoms with Crippen LogP contribution in [0.4, 0.5) is 0 Å². The second kappa shape index (κ2) is 9.53. The molecule has 0 aromatic heterocycles. The van der Waals surface area contributed by atoms with E-state index >= 15 is 0 Å². The Kier molecular flexibility index (Phi) is 11.4. The van der Waals surface area contributed by atoms with E-state index in [4.69, 9.17) is 0 Å². The first kappa shape index (κ1) is 13.1. The summed E-state index contributed by atoms with van der Waals surface area (Å²) in [4.78, 5) is 1.02. The summed E-state index contributed by atoms with van der Waals surface area (Å²) < 4.78 is 0. The molecular weight excluding hydrogens is 156 g/mol. The van der Waals surface area contributed by atoms with Crippen LogP contribution in [-0.2, 0) is 0 Å². The molecular formula is C9H16OS. The summed E-state index contributed by atoms with van der Waals surface area (Å²) in [6, 6.07) is 9.79. The van der Waals surface area contributed by atoms with Gasteiger partial charge in [-0.25, -0.2) is 0 Å². The first-order valence-corrected chi connectivity index (χ1v) is 4.00. The highest BCUT2D eigenvalue weighted by atomic mass is 32.1. The molecule has 2 heteroatoms. The molecule has 0 spiro atoms. The highest BCUT2D eigenvalue weighted by Gasteiger charge is 1.73. The standard InChI is InChI=1S/C6H6S.C3H8.H2O/c7-6-4-2-1-3-5-6;1-3-2;/h1-5,7H;3H2,1-2H3;1H2. The Hall–Kier alpha value is -0.470. The molecule has 0 radical (unpaired) electrons. The molecule has 0 aliphatic heterocycles. The summed E-state index contributed by atoms with van der Waals surface area (Å²) in [7, 11) is 0. The highest BCUT2D eigenvalue weighted by Crippen LogP contribution is 2.00. The van der Waals surface area contributed by atoms with E-state index in [0.29, 0.717) is 0 Å². The summed E-state index contributed by atoms with van der Waals surface area (Å²) in [5.41, 5.74) is 0. The Bertz CT molecular complexity index is 151. The van der Waals surface area contributed by atoms with E-state index in [1.807, 2.05) is 30.3 Å². The molecule has 0 saturated carbocycles. The molecule has 0 atom stereocenters. The molecule has 11 heavy (non-hydrogen) atoms. The summed E-state index contributed by atoms with van der Waals surface area (Å²) in [5.74, 6) is 0. The van der Waals surface area contributed by atoms with Gasteiger partial charge in [0, 0.05) is 4.90 Å². The van der Waals surface area contributed by atoms with Gasteiger partial charge in [0.2, 0.25) is 0 Å². The van der Waals surface area contributed by atoms with Crippen LogP contribution in [0.15, 0.2) is 35.2 Å². The zero-order valence-electron chi connectivity index (χ0n) is 7.04. The first-order chi connectivity index (χ1) is 4.81. The Balaban J connectivity index is 0. The zero-order chi connectivity index (χ0) is 7.82. The van der Waals surface area contributed by atoms with Gasteiger partial charge in [-0.3, -0.25) is 0 Å². The van der Waals surface area contributed by atoms with Crippen molar-refractivity contribution in [2.45, 2.75) is 25.2 Å². The Morgan fingerprint density at radius 1 is 1.09 bits per heavy atom. The molecule has 0 bridgehead atoms. The van der Waals surface area contributed by atoms with E-state index in [-0.39, 0.29) is 5.48 Å². The van der Waals surface area contributed by atoms with Crippen molar-refractivity contribution in [3.8, 4) is 0 Å². The maximum Gasteiger partial charge on any atom is 0.00399 e. The van der Waals surface area contributed by atoms with E-state index in [2.05, 4.69) is 26.5 Å². The maximum atomic E-state index is 4.08. The van der Waals surface area contributed by atoms with Crippen molar-refractivity contribution in [2.24, 2.45) is 0 Å². The SMILES string of the molecule is CCC.O.Sc1ccccc1. The smallest absolute Gasteiger partial charge is 0.00399 e. The normalized spacial score (nSPS) is 7.18. The molecule has 1 nitrogen and oxygen atoms in total. The molecule has 0 aliphatic rings. The van der Waals surface area contributed by atoms with Crippen LogP contribution in [0.25, 0.3) is 0 Å². The van der Waals surface area contributed by atoms with Crippen molar-refractivity contribution in [1.29, 1.82) is 0 Å². The fourth-order valence-electron chi connectivity index (χ4n) is 0.428. The molecule has 0 amide bonds. The van der Waals surface area contributed by atoms with Gasteiger partial charge in [0.1, 0.15) is 0 Å². The third kappa shape index (κ3) is 9.53. The van der Waals surface area contributed by atoms with Gasteiger partial charge in [-0.2, -0.15) is 0 Å². The lowest BCUT2D eigenvalue weighted by Crippen LogP contribution is -1.56. The van der Waals surface area contributed by atoms with Gasteiger partial charge in [-0.15, -0.1) is 12.6 Å². The Morgan fingerprint density at radius 2 is 1.45 bits per heavy atom. The van der Waals surface area contributed by atoms with Crippen LogP contribution in [0.2, 0.25) is 0 Å². The third-order valence-electron chi connectivity index (χ3n) is 0.756. The molecule has 0 unspecified atom stereocenters. The molecule has 1 rings (SSSR count). The Labute approximate surface area is 74.2 Å². The van der Waals surface area contributed by atoms with Gasteiger partial charge in [-0.1, -0.05) is 38.5 Å². The van der Waals surface area contributed by atoms with Crippen molar-refractivity contribution in [1.82, 2.24) is 0 Å². The second-order valence-electron chi connectivity index (χ2n) is 2.04. The van der Waals surface area contributed by atoms with Gasteiger partial charge in [0.25, 0.3) is 0 Å². The molecule has 0 saturated heterocycles. The molecule has 1 aromatic carbocycles. The maximum absolute atomic E-state index is 4.08. The van der Waals surface area contributed by atoms with E-state index in [1.165, 1.54) is 6.42 Å². The van der Waals surface area contributed by atoms with Crippen LogP contribution in [0.3, 0.4) is 0 Å². The summed E-state index contributed by atoms with van der Waals surface area (Å²) >= 11 is 4.08. The molecule has 0 heterocycles. The van der Waals surface area contributed by atoms with Crippen LogP contribution in [0.1, 0.15) is 20.3 Å². The van der Waals surface area contributed by atoms with Crippen LogP contribution in [0, 0.1) is 0 Å². The minimum Gasteiger partial charge on any atom is -0.412 e. The van der Waals surface area contributed by atoms with Crippen molar-refractivity contribution < 1.29 is 5.48 Å². The van der Waals surface area contributed by atoms with Gasteiger partial charge >= 0.3 is 0 Å². The monoisotopic (exact) mass is 172 g/mol. The summed E-state index contributed by atoms with van der Waals surface area (Å²) in [6.45, 7) is 4.25. The average molecular weight is 172 g/mol. The van der Waals surface area contributed by atoms with E-state index in [1.54, 1.807) is 0 Å². The molecule has 0 aliphatic carbocycles. The quantitative estimate of drug-likeness (QED) is 0.583. The lowest BCUT2D eigenvalue weighted by atomic mass is 10.4. The fraction of sp³-hybridized carbons (Fsp3) is 0.333. The zero-order valence-corrected chi connectivity index (χ0v) is 7.94. The minimum absolute atomic E-state index is 0. The van der Waals surface area contributed by atoms with E-state index in [9.17, 15) is 0 Å². The fourth-order valence-corrected chi connectivity index (χ4v) is 0.600. The second-order valence-corrected chi connectivity index (χ2v) is 2.56. The lowest BCUT2D eigenvalue weighted by molar-refractivity contribution is 0.824. The average Bonchev–Trinajstić information content (AvgIpc) is 1.91. The summed E-state index contributed by atoms with van der Waals surface area (Å²) in [5, 5.41) is 0. The largest absolute Gasteiger partial charge is 0.412 e. The molecule has 1 aromatic rings. The number of hydrogen-bond donors (Lipinski definition) is 1. The lowest BCUT2D eigenvalue weighted by Gasteiger charge is -1.81. The predicted molar refractivity (Wildman–Crippen MR) is 53.3 cm³/mol. The molecule has 64 valence electrons. The third-order valence-corrected chi connectivity index (χ3v) is 1.05. The van der Waals surface area contributed by atoms with Gasteiger partial charge < -0.3 is 5.48 Å². The summed E-state index contributed by atoms with van der Waals surface area (Å²) in [6.07, 6.45) is 1.25. The topological polar surface area (TPSA) is 31.5 Å². The van der Waals surface area contributed by atoms with Crippen molar-refractivity contribution in [3.05, 3.63) is 30.3 Å². The van der Waals surface area contributed by atoms with Crippen LogP contribution >= 0.6 is 12.6 Å². The number of thiol groups is 1. The van der Waals surface area contributed by atoms with Crippen molar-refractivity contribution in [2.75, 3.05) is 0 Å². The van der Waals surface area contributed by atoms with E-state index in [0.717, 1.165) is 4.90 Å². The van der Waals surface area contributed by atoms with Gasteiger partial charge in [0.15, 0.2) is 0 Å². The van der Waals surface area contributed by atoms with Crippen LogP contribution < -0.4 is 0 Å². The number of benzene rings is 1. The Morgan fingerprint density at radius 3 is 1.64 bits per heavy atom. The number of hydrogen-bond acceptors (Lipinski definition) is 1. The van der Waals surface area contributed by atoms with E-state index < -0.39 is 0 Å². The molecule has 2 N–H and O–H groups in total. The highest BCUT2D eigenvalue weighted by molar-refractivity contribution is 7.80. The number of rotatable bonds is 0. The van der Waals surface area contributed by atoms with Gasteiger partial charge in [0.05, 0.1) is 0 Å². The van der Waals surface area contributed by atoms with Crippen molar-refractivity contribution >= 4 is 12.6 Å². The first-order valence-electron chi connectivity index (χ1n) is 3.55. The predicted octanol–water partition coefficient (Wildman–Crippen LogP) is 2.57. The van der Waals surface area contributed by atoms with Crippen LogP contribution in [0.5, 0.6) is 0 Å².